The number of aryl methyl sites for hydroxylation is 2. The molecule has 1 aromatic rings. The lowest BCUT2D eigenvalue weighted by Crippen LogP contribution is -2.43. The zero-order valence-electron chi connectivity index (χ0n) is 11.4. The molecule has 0 unspecified atom stereocenters. The molecule has 1 aromatic heterocycles. The highest BCUT2D eigenvalue weighted by Gasteiger charge is 2.20. The molecule has 19 heavy (non-hydrogen) atoms. The highest BCUT2D eigenvalue weighted by atomic mass is 32.2. The predicted molar refractivity (Wildman–Crippen MR) is 76.0 cm³/mol. The van der Waals surface area contributed by atoms with Crippen molar-refractivity contribution in [2.45, 2.75) is 37.9 Å². The van der Waals surface area contributed by atoms with Crippen LogP contribution in [0.4, 0.5) is 0 Å². The number of rotatable bonds is 3. The molecule has 104 valence electrons. The molecule has 0 saturated carbocycles. The van der Waals surface area contributed by atoms with Crippen LogP contribution in [0.25, 0.3) is 0 Å². The minimum Gasteiger partial charge on any atom is -0.342 e. The monoisotopic (exact) mass is 280 g/mol. The van der Waals surface area contributed by atoms with Gasteiger partial charge >= 0.3 is 0 Å². The van der Waals surface area contributed by atoms with Gasteiger partial charge in [0.15, 0.2) is 5.16 Å². The lowest BCUT2D eigenvalue weighted by Gasteiger charge is -2.30. The quantitative estimate of drug-likeness (QED) is 0.664. The first-order chi connectivity index (χ1) is 9.04. The fraction of sp³-hybridized carbons (Fsp3) is 0.615. The highest BCUT2D eigenvalue weighted by molar-refractivity contribution is 7.99. The second-order valence-electron chi connectivity index (χ2n) is 4.94. The number of carbonyl (C=O) groups excluding carboxylic acids is 1. The number of likely N-dealkylation sites (tertiary alicyclic amines) is 1. The Balaban J connectivity index is 1.86. The molecule has 0 aliphatic carbocycles. The maximum atomic E-state index is 12.1. The molecule has 6 heteroatoms. The van der Waals surface area contributed by atoms with Crippen molar-refractivity contribution in [1.82, 2.24) is 14.9 Å². The van der Waals surface area contributed by atoms with E-state index in [2.05, 4.69) is 9.97 Å². The zero-order valence-corrected chi connectivity index (χ0v) is 12.2. The third kappa shape index (κ3) is 4.18. The molecule has 1 amide bonds. The largest absolute Gasteiger partial charge is 0.342 e. The van der Waals surface area contributed by atoms with Crippen molar-refractivity contribution in [1.29, 1.82) is 0 Å². The van der Waals surface area contributed by atoms with Crippen LogP contribution in [0.15, 0.2) is 11.2 Å². The Morgan fingerprint density at radius 1 is 1.37 bits per heavy atom. The Morgan fingerprint density at radius 2 is 1.95 bits per heavy atom. The lowest BCUT2D eigenvalue weighted by atomic mass is 10.1. The van der Waals surface area contributed by atoms with Crippen LogP contribution in [0.5, 0.6) is 0 Å². The Labute approximate surface area is 118 Å². The summed E-state index contributed by atoms with van der Waals surface area (Å²) in [6, 6.07) is 2.18. The van der Waals surface area contributed by atoms with E-state index in [1.54, 1.807) is 0 Å². The molecular formula is C13H20N4OS. The van der Waals surface area contributed by atoms with Crippen LogP contribution in [0, 0.1) is 13.8 Å². The number of thioether (sulfide) groups is 1. The van der Waals surface area contributed by atoms with E-state index in [4.69, 9.17) is 5.73 Å². The number of nitrogens with two attached hydrogens (primary N) is 1. The molecule has 2 rings (SSSR count). The van der Waals surface area contributed by atoms with Gasteiger partial charge in [0.1, 0.15) is 0 Å². The van der Waals surface area contributed by atoms with E-state index in [1.165, 1.54) is 11.8 Å². The van der Waals surface area contributed by atoms with Gasteiger partial charge in [-0.1, -0.05) is 11.8 Å². The molecule has 0 spiro atoms. The summed E-state index contributed by atoms with van der Waals surface area (Å²) in [6.07, 6.45) is 1.80. The molecule has 0 bridgehead atoms. The average Bonchev–Trinajstić information content (AvgIpc) is 2.36. The van der Waals surface area contributed by atoms with Crippen molar-refractivity contribution < 1.29 is 4.79 Å². The van der Waals surface area contributed by atoms with Gasteiger partial charge in [0, 0.05) is 30.5 Å². The third-order valence-corrected chi connectivity index (χ3v) is 4.01. The summed E-state index contributed by atoms with van der Waals surface area (Å²) in [5.74, 6) is 0.553. The fourth-order valence-corrected chi connectivity index (χ4v) is 2.98. The number of aromatic nitrogens is 2. The summed E-state index contributed by atoms with van der Waals surface area (Å²) in [5.41, 5.74) is 7.71. The normalized spacial score (nSPS) is 16.7. The predicted octanol–water partition coefficient (Wildman–Crippen LogP) is 1.14. The van der Waals surface area contributed by atoms with Gasteiger partial charge < -0.3 is 10.6 Å². The molecule has 0 aromatic carbocycles. The maximum Gasteiger partial charge on any atom is 0.233 e. The van der Waals surface area contributed by atoms with E-state index < -0.39 is 0 Å². The van der Waals surface area contributed by atoms with E-state index in [9.17, 15) is 4.79 Å². The second-order valence-corrected chi connectivity index (χ2v) is 5.88. The first kappa shape index (κ1) is 14.3. The van der Waals surface area contributed by atoms with E-state index in [-0.39, 0.29) is 11.9 Å². The van der Waals surface area contributed by atoms with Gasteiger partial charge in [-0.2, -0.15) is 0 Å². The van der Waals surface area contributed by atoms with Crippen LogP contribution >= 0.6 is 11.8 Å². The molecule has 0 radical (unpaired) electrons. The summed E-state index contributed by atoms with van der Waals surface area (Å²) in [4.78, 5) is 22.6. The average molecular weight is 280 g/mol. The molecule has 5 nitrogen and oxygen atoms in total. The van der Waals surface area contributed by atoms with Crippen molar-refractivity contribution in [3.05, 3.63) is 17.5 Å². The summed E-state index contributed by atoms with van der Waals surface area (Å²) >= 11 is 1.41. The van der Waals surface area contributed by atoms with Crippen LogP contribution in [0.1, 0.15) is 24.2 Å². The second kappa shape index (κ2) is 6.34. The van der Waals surface area contributed by atoms with E-state index >= 15 is 0 Å². The Bertz CT molecular complexity index is 438. The molecule has 1 aliphatic heterocycles. The first-order valence-electron chi connectivity index (χ1n) is 6.53. The van der Waals surface area contributed by atoms with Crippen LogP contribution in [-0.2, 0) is 4.79 Å². The molecule has 2 N–H and O–H groups in total. The van der Waals surface area contributed by atoms with Gasteiger partial charge in [0.2, 0.25) is 5.91 Å². The number of hydrogen-bond acceptors (Lipinski definition) is 5. The van der Waals surface area contributed by atoms with Gasteiger partial charge in [0.05, 0.1) is 5.75 Å². The Morgan fingerprint density at radius 3 is 2.53 bits per heavy atom. The Hall–Kier alpha value is -1.14. The van der Waals surface area contributed by atoms with Crippen molar-refractivity contribution >= 4 is 17.7 Å². The van der Waals surface area contributed by atoms with E-state index in [0.29, 0.717) is 10.9 Å². The van der Waals surface area contributed by atoms with E-state index in [1.807, 2.05) is 24.8 Å². The summed E-state index contributed by atoms with van der Waals surface area (Å²) in [5, 5.41) is 0.680. The topological polar surface area (TPSA) is 72.1 Å². The zero-order chi connectivity index (χ0) is 13.8. The van der Waals surface area contributed by atoms with Crippen molar-refractivity contribution in [3.8, 4) is 0 Å². The number of nitrogens with zero attached hydrogens (tertiary/aromatic N) is 3. The molecule has 1 fully saturated rings. The van der Waals surface area contributed by atoms with Crippen LogP contribution in [0.3, 0.4) is 0 Å². The fourth-order valence-electron chi connectivity index (χ4n) is 2.12. The maximum absolute atomic E-state index is 12.1. The molecule has 1 saturated heterocycles. The SMILES string of the molecule is Cc1cc(C)nc(SCC(=O)N2CCC(N)CC2)n1. The minimum absolute atomic E-state index is 0.152. The summed E-state index contributed by atoms with van der Waals surface area (Å²) < 4.78 is 0. The van der Waals surface area contributed by atoms with Crippen LogP contribution < -0.4 is 5.73 Å². The Kier molecular flexibility index (Phi) is 4.76. The van der Waals surface area contributed by atoms with Crippen molar-refractivity contribution in [2.75, 3.05) is 18.8 Å². The molecule has 0 atom stereocenters. The third-order valence-electron chi connectivity index (χ3n) is 3.18. The number of amides is 1. The number of piperidine rings is 1. The van der Waals surface area contributed by atoms with Gasteiger partial charge in [-0.15, -0.1) is 0 Å². The standard InChI is InChI=1S/C13H20N4OS/c1-9-7-10(2)16-13(15-9)19-8-12(18)17-5-3-11(14)4-6-17/h7,11H,3-6,8,14H2,1-2H3. The molecular weight excluding hydrogens is 260 g/mol. The minimum atomic E-state index is 0.152. The van der Waals surface area contributed by atoms with Crippen molar-refractivity contribution in [3.63, 3.8) is 0 Å². The van der Waals surface area contributed by atoms with Gasteiger partial charge in [-0.25, -0.2) is 9.97 Å². The smallest absolute Gasteiger partial charge is 0.233 e. The number of hydrogen-bond donors (Lipinski definition) is 1. The summed E-state index contributed by atoms with van der Waals surface area (Å²) in [6.45, 7) is 5.42. The number of carbonyl (C=O) groups is 1. The van der Waals surface area contributed by atoms with E-state index in [0.717, 1.165) is 37.3 Å². The van der Waals surface area contributed by atoms with Crippen molar-refractivity contribution in [2.24, 2.45) is 5.73 Å². The summed E-state index contributed by atoms with van der Waals surface area (Å²) in [7, 11) is 0. The first-order valence-corrected chi connectivity index (χ1v) is 7.51. The van der Waals surface area contributed by atoms with Crippen LogP contribution in [0.2, 0.25) is 0 Å². The van der Waals surface area contributed by atoms with Gasteiger partial charge in [-0.3, -0.25) is 4.79 Å². The molecule has 1 aliphatic rings. The van der Waals surface area contributed by atoms with Gasteiger partial charge in [0.25, 0.3) is 0 Å². The van der Waals surface area contributed by atoms with Crippen LogP contribution in [-0.4, -0.2) is 45.7 Å². The highest BCUT2D eigenvalue weighted by Crippen LogP contribution is 2.16. The lowest BCUT2D eigenvalue weighted by molar-refractivity contribution is -0.129. The van der Waals surface area contributed by atoms with Gasteiger partial charge in [-0.05, 0) is 32.8 Å². The molecule has 2 heterocycles.